The first-order valence-electron chi connectivity index (χ1n) is 6.80. The highest BCUT2D eigenvalue weighted by atomic mass is 16.4. The maximum Gasteiger partial charge on any atom is 0.317 e. The summed E-state index contributed by atoms with van der Waals surface area (Å²) < 4.78 is 0. The molecule has 1 atom stereocenters. The first kappa shape index (κ1) is 14.8. The zero-order chi connectivity index (χ0) is 13.5. The Bertz CT molecular complexity index is 290. The van der Waals surface area contributed by atoms with Crippen LogP contribution in [0.4, 0.5) is 4.79 Å². The fourth-order valence-electron chi connectivity index (χ4n) is 2.00. The van der Waals surface area contributed by atoms with Crippen molar-refractivity contribution in [3.63, 3.8) is 0 Å². The van der Waals surface area contributed by atoms with Crippen LogP contribution in [-0.2, 0) is 4.79 Å². The number of carboxylic acid groups (broad SMARTS) is 1. The predicted molar refractivity (Wildman–Crippen MR) is 69.5 cm³/mol. The molecule has 1 rings (SSSR count). The van der Waals surface area contributed by atoms with Gasteiger partial charge in [0.25, 0.3) is 0 Å². The van der Waals surface area contributed by atoms with Gasteiger partial charge in [0.1, 0.15) is 0 Å². The number of rotatable bonds is 8. The van der Waals surface area contributed by atoms with Gasteiger partial charge >= 0.3 is 12.0 Å². The number of hydrogen-bond donors (Lipinski definition) is 2. The van der Waals surface area contributed by atoms with Gasteiger partial charge in [-0.2, -0.15) is 0 Å². The topological polar surface area (TPSA) is 69.6 Å². The second-order valence-electron chi connectivity index (χ2n) is 5.08. The molecule has 1 aliphatic rings. The molecular weight excluding hydrogens is 232 g/mol. The van der Waals surface area contributed by atoms with Crippen LogP contribution in [0.2, 0.25) is 0 Å². The zero-order valence-corrected chi connectivity index (χ0v) is 11.3. The van der Waals surface area contributed by atoms with Crippen molar-refractivity contribution >= 4 is 12.0 Å². The number of amides is 2. The number of carbonyl (C=O) groups is 2. The summed E-state index contributed by atoms with van der Waals surface area (Å²) in [5.74, 6) is -0.422. The summed E-state index contributed by atoms with van der Waals surface area (Å²) in [5, 5.41) is 11.5. The third-order valence-electron chi connectivity index (χ3n) is 3.35. The Balaban J connectivity index is 2.12. The van der Waals surface area contributed by atoms with Crippen LogP contribution in [0.3, 0.4) is 0 Å². The quantitative estimate of drug-likeness (QED) is 0.698. The molecule has 1 saturated carbocycles. The molecule has 2 amide bonds. The van der Waals surface area contributed by atoms with E-state index in [1.54, 1.807) is 0 Å². The number of nitrogens with zero attached hydrogens (tertiary/aromatic N) is 1. The van der Waals surface area contributed by atoms with Crippen molar-refractivity contribution < 1.29 is 14.7 Å². The van der Waals surface area contributed by atoms with Crippen LogP contribution in [0, 0.1) is 5.92 Å². The smallest absolute Gasteiger partial charge is 0.317 e. The lowest BCUT2D eigenvalue weighted by molar-refractivity contribution is -0.137. The van der Waals surface area contributed by atoms with Crippen molar-refractivity contribution in [3.05, 3.63) is 0 Å². The van der Waals surface area contributed by atoms with Crippen LogP contribution in [0.1, 0.15) is 46.0 Å². The van der Waals surface area contributed by atoms with Crippen molar-refractivity contribution in [1.82, 2.24) is 10.2 Å². The van der Waals surface area contributed by atoms with Crippen LogP contribution in [0.5, 0.6) is 0 Å². The van der Waals surface area contributed by atoms with Gasteiger partial charge in [-0.1, -0.05) is 6.92 Å². The highest BCUT2D eigenvalue weighted by Gasteiger charge is 2.31. The third kappa shape index (κ3) is 5.38. The summed E-state index contributed by atoms with van der Waals surface area (Å²) in [6.07, 6.45) is 3.96. The van der Waals surface area contributed by atoms with Crippen molar-refractivity contribution in [2.24, 2.45) is 5.92 Å². The van der Waals surface area contributed by atoms with E-state index in [9.17, 15) is 9.59 Å². The Morgan fingerprint density at radius 3 is 2.56 bits per heavy atom. The van der Waals surface area contributed by atoms with E-state index in [1.807, 2.05) is 18.7 Å². The fourth-order valence-corrected chi connectivity index (χ4v) is 2.00. The Morgan fingerprint density at radius 2 is 2.06 bits per heavy atom. The predicted octanol–water partition coefficient (Wildman–Crippen LogP) is 2.07. The van der Waals surface area contributed by atoms with Crippen LogP contribution in [-0.4, -0.2) is 41.1 Å². The minimum absolute atomic E-state index is 0.0189. The summed E-state index contributed by atoms with van der Waals surface area (Å²) in [7, 11) is 0. The molecule has 0 aromatic rings. The number of urea groups is 1. The van der Waals surface area contributed by atoms with Gasteiger partial charge in [-0.05, 0) is 38.5 Å². The van der Waals surface area contributed by atoms with Gasteiger partial charge in [-0.25, -0.2) is 4.79 Å². The first-order valence-corrected chi connectivity index (χ1v) is 6.80. The minimum Gasteiger partial charge on any atom is -0.481 e. The van der Waals surface area contributed by atoms with Crippen molar-refractivity contribution in [2.75, 3.05) is 13.1 Å². The lowest BCUT2D eigenvalue weighted by Gasteiger charge is -2.21. The molecule has 5 heteroatoms. The molecule has 0 radical (unpaired) electrons. The first-order chi connectivity index (χ1) is 8.54. The Kier molecular flexibility index (Phi) is 5.95. The fraction of sp³-hybridized carbons (Fsp3) is 0.846. The van der Waals surface area contributed by atoms with Gasteiger partial charge in [-0.3, -0.25) is 4.79 Å². The largest absolute Gasteiger partial charge is 0.481 e. The molecule has 0 aromatic carbocycles. The second-order valence-corrected chi connectivity index (χ2v) is 5.08. The summed E-state index contributed by atoms with van der Waals surface area (Å²) >= 11 is 0. The summed E-state index contributed by atoms with van der Waals surface area (Å²) in [4.78, 5) is 24.1. The molecule has 0 bridgehead atoms. The molecule has 5 nitrogen and oxygen atoms in total. The Morgan fingerprint density at radius 1 is 1.39 bits per heavy atom. The monoisotopic (exact) mass is 256 g/mol. The minimum atomic E-state index is -0.753. The van der Waals surface area contributed by atoms with E-state index in [1.165, 1.54) is 0 Å². The molecule has 1 unspecified atom stereocenters. The summed E-state index contributed by atoms with van der Waals surface area (Å²) in [5.41, 5.74) is 0. The van der Waals surface area contributed by atoms with E-state index in [2.05, 4.69) is 5.32 Å². The van der Waals surface area contributed by atoms with Gasteiger partial charge in [0, 0.05) is 25.6 Å². The van der Waals surface area contributed by atoms with Crippen LogP contribution < -0.4 is 5.32 Å². The number of hydrogen-bond acceptors (Lipinski definition) is 2. The molecule has 18 heavy (non-hydrogen) atoms. The van der Waals surface area contributed by atoms with Crippen LogP contribution >= 0.6 is 0 Å². The molecule has 0 aromatic heterocycles. The highest BCUT2D eigenvalue weighted by molar-refractivity contribution is 5.74. The maximum absolute atomic E-state index is 11.8. The average Bonchev–Trinajstić information content (AvgIpc) is 3.12. The third-order valence-corrected chi connectivity index (χ3v) is 3.35. The van der Waals surface area contributed by atoms with Crippen LogP contribution in [0.15, 0.2) is 0 Å². The summed E-state index contributed by atoms with van der Waals surface area (Å²) in [6.45, 7) is 5.40. The molecular formula is C13H24N2O3. The normalized spacial score (nSPS) is 16.1. The lowest BCUT2D eigenvalue weighted by atomic mass is 10.0. The van der Waals surface area contributed by atoms with Gasteiger partial charge in [0.05, 0.1) is 0 Å². The van der Waals surface area contributed by atoms with E-state index in [-0.39, 0.29) is 12.5 Å². The molecule has 2 N–H and O–H groups in total. The Labute approximate surface area is 109 Å². The molecule has 104 valence electrons. The van der Waals surface area contributed by atoms with E-state index in [0.717, 1.165) is 25.8 Å². The zero-order valence-electron chi connectivity index (χ0n) is 11.3. The molecule has 1 fully saturated rings. The Hall–Kier alpha value is -1.26. The number of aliphatic carboxylic acids is 1. The second kappa shape index (κ2) is 7.24. The van der Waals surface area contributed by atoms with Gasteiger partial charge < -0.3 is 15.3 Å². The van der Waals surface area contributed by atoms with Crippen molar-refractivity contribution in [2.45, 2.75) is 52.0 Å². The van der Waals surface area contributed by atoms with E-state index in [4.69, 9.17) is 5.11 Å². The van der Waals surface area contributed by atoms with Gasteiger partial charge in [-0.15, -0.1) is 0 Å². The van der Waals surface area contributed by atoms with E-state index < -0.39 is 5.97 Å². The SMILES string of the molecule is CCN(C(=O)NCCC(C)CCC(=O)O)C1CC1. The van der Waals surface area contributed by atoms with Gasteiger partial charge in [0.15, 0.2) is 0 Å². The molecule has 0 saturated heterocycles. The van der Waals surface area contributed by atoms with E-state index in [0.29, 0.717) is 24.9 Å². The lowest BCUT2D eigenvalue weighted by Crippen LogP contribution is -2.41. The number of nitrogens with one attached hydrogen (secondary N) is 1. The highest BCUT2D eigenvalue weighted by Crippen LogP contribution is 2.26. The van der Waals surface area contributed by atoms with Crippen molar-refractivity contribution in [3.8, 4) is 0 Å². The molecule has 0 heterocycles. The molecule has 0 spiro atoms. The standard InChI is InChI=1S/C13H24N2O3/c1-3-15(11-5-6-11)13(18)14-9-8-10(2)4-7-12(16)17/h10-11H,3-9H2,1-2H3,(H,14,18)(H,16,17). The molecule has 1 aliphatic carbocycles. The number of carbonyl (C=O) groups excluding carboxylic acids is 1. The van der Waals surface area contributed by atoms with Crippen LogP contribution in [0.25, 0.3) is 0 Å². The average molecular weight is 256 g/mol. The maximum atomic E-state index is 11.8. The molecule has 0 aliphatic heterocycles. The van der Waals surface area contributed by atoms with E-state index >= 15 is 0 Å². The summed E-state index contributed by atoms with van der Waals surface area (Å²) in [6, 6.07) is 0.463. The number of carboxylic acids is 1. The van der Waals surface area contributed by atoms with Crippen molar-refractivity contribution in [1.29, 1.82) is 0 Å². The van der Waals surface area contributed by atoms with Gasteiger partial charge in [0.2, 0.25) is 0 Å².